The summed E-state index contributed by atoms with van der Waals surface area (Å²) in [5.74, 6) is 2.04. The fourth-order valence-corrected chi connectivity index (χ4v) is 1.76. The summed E-state index contributed by atoms with van der Waals surface area (Å²) in [5, 5.41) is 0.448. The van der Waals surface area contributed by atoms with Crippen LogP contribution in [0.25, 0.3) is 0 Å². The number of benzene rings is 1. The summed E-state index contributed by atoms with van der Waals surface area (Å²) in [7, 11) is 3.20. The van der Waals surface area contributed by atoms with Crippen LogP contribution in [0.4, 0.5) is 0 Å². The average Bonchev–Trinajstić information content (AvgIpc) is 2.44. The molecular weight excluding hydrogens is 266 g/mol. The van der Waals surface area contributed by atoms with Gasteiger partial charge in [-0.15, -0.1) is 0 Å². The van der Waals surface area contributed by atoms with Crippen LogP contribution in [0.3, 0.4) is 0 Å². The van der Waals surface area contributed by atoms with Gasteiger partial charge < -0.3 is 14.2 Å². The molecule has 1 aromatic carbocycles. The molecule has 100 valence electrons. The van der Waals surface area contributed by atoms with Crippen molar-refractivity contribution in [2.75, 3.05) is 14.2 Å². The molecule has 0 aliphatic carbocycles. The standard InChI is InChI=1S/C14H14ClNO3/c1-17-11-6-12(18-2)8-13(7-11)19-9-10-3-4-16-14(15)5-10/h3-8H,9H2,1-2H3. The summed E-state index contributed by atoms with van der Waals surface area (Å²) in [6.07, 6.45) is 1.65. The molecule has 2 aromatic rings. The molecule has 0 aliphatic heterocycles. The predicted octanol–water partition coefficient (Wildman–Crippen LogP) is 3.33. The van der Waals surface area contributed by atoms with Crippen LogP contribution in [0.1, 0.15) is 5.56 Å². The number of hydrogen-bond acceptors (Lipinski definition) is 4. The van der Waals surface area contributed by atoms with Gasteiger partial charge in [0.1, 0.15) is 29.0 Å². The Morgan fingerprint density at radius 2 is 1.63 bits per heavy atom. The molecule has 0 fully saturated rings. The monoisotopic (exact) mass is 279 g/mol. The van der Waals surface area contributed by atoms with Crippen molar-refractivity contribution in [1.82, 2.24) is 4.98 Å². The molecule has 0 amide bonds. The van der Waals surface area contributed by atoms with Crippen molar-refractivity contribution in [2.45, 2.75) is 6.61 Å². The summed E-state index contributed by atoms with van der Waals surface area (Å²) in [5.41, 5.74) is 0.946. The first-order valence-corrected chi connectivity index (χ1v) is 6.05. The first-order chi connectivity index (χ1) is 9.21. The fraction of sp³-hybridized carbons (Fsp3) is 0.214. The fourth-order valence-electron chi connectivity index (χ4n) is 1.56. The first-order valence-electron chi connectivity index (χ1n) is 5.67. The highest BCUT2D eigenvalue weighted by molar-refractivity contribution is 6.29. The Kier molecular flexibility index (Phi) is 4.47. The van der Waals surface area contributed by atoms with Gasteiger partial charge in [0.05, 0.1) is 14.2 Å². The Bertz CT molecular complexity index is 538. The molecule has 1 aromatic heterocycles. The third-order valence-electron chi connectivity index (χ3n) is 2.52. The SMILES string of the molecule is COc1cc(OC)cc(OCc2ccnc(Cl)c2)c1. The lowest BCUT2D eigenvalue weighted by Gasteiger charge is -2.10. The number of nitrogens with zero attached hydrogens (tertiary/aromatic N) is 1. The summed E-state index contributed by atoms with van der Waals surface area (Å²) in [4.78, 5) is 3.92. The van der Waals surface area contributed by atoms with Gasteiger partial charge in [0.2, 0.25) is 0 Å². The summed E-state index contributed by atoms with van der Waals surface area (Å²) in [6.45, 7) is 0.401. The molecule has 2 rings (SSSR count). The van der Waals surface area contributed by atoms with E-state index in [-0.39, 0.29) is 0 Å². The summed E-state index contributed by atoms with van der Waals surface area (Å²) in [6, 6.07) is 9.00. The van der Waals surface area contributed by atoms with E-state index in [2.05, 4.69) is 4.98 Å². The minimum atomic E-state index is 0.401. The zero-order valence-corrected chi connectivity index (χ0v) is 11.5. The number of aromatic nitrogens is 1. The van der Waals surface area contributed by atoms with Gasteiger partial charge >= 0.3 is 0 Å². The molecule has 0 saturated heterocycles. The highest BCUT2D eigenvalue weighted by Crippen LogP contribution is 2.28. The lowest BCUT2D eigenvalue weighted by atomic mass is 10.3. The van der Waals surface area contributed by atoms with E-state index in [0.29, 0.717) is 29.0 Å². The van der Waals surface area contributed by atoms with Gasteiger partial charge in [-0.1, -0.05) is 11.6 Å². The maximum atomic E-state index is 5.82. The molecule has 1 heterocycles. The highest BCUT2D eigenvalue weighted by Gasteiger charge is 2.03. The van der Waals surface area contributed by atoms with Crippen LogP contribution in [0, 0.1) is 0 Å². The van der Waals surface area contributed by atoms with Crippen LogP contribution in [-0.4, -0.2) is 19.2 Å². The Balaban J connectivity index is 2.10. The third-order valence-corrected chi connectivity index (χ3v) is 2.73. The molecule has 0 spiro atoms. The van der Waals surface area contributed by atoms with Gasteiger partial charge in [-0.05, 0) is 17.7 Å². The van der Waals surface area contributed by atoms with Crippen molar-refractivity contribution in [3.8, 4) is 17.2 Å². The van der Waals surface area contributed by atoms with Gasteiger partial charge in [-0.3, -0.25) is 0 Å². The van der Waals surface area contributed by atoms with Gasteiger partial charge in [-0.25, -0.2) is 4.98 Å². The van der Waals surface area contributed by atoms with Gasteiger partial charge in [0, 0.05) is 24.4 Å². The van der Waals surface area contributed by atoms with Crippen molar-refractivity contribution in [3.05, 3.63) is 47.2 Å². The molecule has 0 atom stereocenters. The van der Waals surface area contributed by atoms with Gasteiger partial charge in [0.15, 0.2) is 0 Å². The first kappa shape index (κ1) is 13.5. The zero-order chi connectivity index (χ0) is 13.7. The molecular formula is C14H14ClNO3. The second kappa shape index (κ2) is 6.29. The molecule has 4 nitrogen and oxygen atoms in total. The van der Waals surface area contributed by atoms with Crippen molar-refractivity contribution < 1.29 is 14.2 Å². The number of methoxy groups -OCH3 is 2. The molecule has 0 aliphatic rings. The third kappa shape index (κ3) is 3.76. The quantitative estimate of drug-likeness (QED) is 0.787. The van der Waals surface area contributed by atoms with Crippen molar-refractivity contribution in [1.29, 1.82) is 0 Å². The van der Waals surface area contributed by atoms with Crippen LogP contribution in [0.2, 0.25) is 5.15 Å². The Morgan fingerprint density at radius 3 is 2.21 bits per heavy atom. The summed E-state index contributed by atoms with van der Waals surface area (Å²) < 4.78 is 16.0. The van der Waals surface area contributed by atoms with E-state index in [1.165, 1.54) is 0 Å². The van der Waals surface area contributed by atoms with Crippen LogP contribution >= 0.6 is 11.6 Å². The average molecular weight is 280 g/mol. The van der Waals surface area contributed by atoms with Crippen LogP contribution in [-0.2, 0) is 6.61 Å². The van der Waals surface area contributed by atoms with Crippen molar-refractivity contribution >= 4 is 11.6 Å². The Morgan fingerprint density at radius 1 is 1.00 bits per heavy atom. The molecule has 0 bridgehead atoms. The minimum absolute atomic E-state index is 0.401. The van der Waals surface area contributed by atoms with Gasteiger partial charge in [0.25, 0.3) is 0 Å². The smallest absolute Gasteiger partial charge is 0.129 e. The van der Waals surface area contributed by atoms with E-state index in [1.807, 2.05) is 6.07 Å². The molecule has 0 unspecified atom stereocenters. The lowest BCUT2D eigenvalue weighted by molar-refractivity contribution is 0.300. The van der Waals surface area contributed by atoms with E-state index in [0.717, 1.165) is 5.56 Å². The number of hydrogen-bond donors (Lipinski definition) is 0. The maximum Gasteiger partial charge on any atom is 0.129 e. The second-order valence-corrected chi connectivity index (χ2v) is 4.21. The van der Waals surface area contributed by atoms with Gasteiger partial charge in [-0.2, -0.15) is 0 Å². The topological polar surface area (TPSA) is 40.6 Å². The lowest BCUT2D eigenvalue weighted by Crippen LogP contribution is -1.97. The highest BCUT2D eigenvalue weighted by atomic mass is 35.5. The van der Waals surface area contributed by atoms with Crippen molar-refractivity contribution in [2.24, 2.45) is 0 Å². The summed E-state index contributed by atoms with van der Waals surface area (Å²) >= 11 is 5.82. The molecule has 0 radical (unpaired) electrons. The predicted molar refractivity (Wildman–Crippen MR) is 73.1 cm³/mol. The molecule has 5 heteroatoms. The largest absolute Gasteiger partial charge is 0.496 e. The zero-order valence-electron chi connectivity index (χ0n) is 10.7. The van der Waals surface area contributed by atoms with Crippen LogP contribution in [0.15, 0.2) is 36.5 Å². The second-order valence-electron chi connectivity index (χ2n) is 3.82. The van der Waals surface area contributed by atoms with Crippen LogP contribution in [0.5, 0.6) is 17.2 Å². The van der Waals surface area contributed by atoms with E-state index < -0.39 is 0 Å². The van der Waals surface area contributed by atoms with E-state index in [4.69, 9.17) is 25.8 Å². The number of ether oxygens (including phenoxy) is 3. The number of rotatable bonds is 5. The molecule has 19 heavy (non-hydrogen) atoms. The van der Waals surface area contributed by atoms with Crippen LogP contribution < -0.4 is 14.2 Å². The number of halogens is 1. The molecule has 0 N–H and O–H groups in total. The normalized spacial score (nSPS) is 10.1. The van der Waals surface area contributed by atoms with E-state index >= 15 is 0 Å². The minimum Gasteiger partial charge on any atom is -0.496 e. The maximum absolute atomic E-state index is 5.82. The van der Waals surface area contributed by atoms with E-state index in [1.54, 1.807) is 44.7 Å². The van der Waals surface area contributed by atoms with Crippen molar-refractivity contribution in [3.63, 3.8) is 0 Å². The molecule has 0 saturated carbocycles. The number of pyridine rings is 1. The Labute approximate surface area is 116 Å². The Hall–Kier alpha value is -1.94. The van der Waals surface area contributed by atoms with E-state index in [9.17, 15) is 0 Å².